The van der Waals surface area contributed by atoms with Crippen LogP contribution in [0.15, 0.2) is 28.7 Å². The van der Waals surface area contributed by atoms with E-state index >= 15 is 0 Å². The minimum atomic E-state index is -0.307. The van der Waals surface area contributed by atoms with E-state index in [2.05, 4.69) is 33.4 Å². The Labute approximate surface area is 158 Å². The zero-order valence-corrected chi connectivity index (χ0v) is 16.2. The van der Waals surface area contributed by atoms with Crippen LogP contribution in [0.1, 0.15) is 44.1 Å². The molecule has 2 atom stereocenters. The molecule has 1 amide bonds. The van der Waals surface area contributed by atoms with Crippen molar-refractivity contribution in [1.82, 2.24) is 5.32 Å². The third kappa shape index (κ3) is 4.51. The lowest BCUT2D eigenvalue weighted by molar-refractivity contribution is -0.125. The summed E-state index contributed by atoms with van der Waals surface area (Å²) in [6.45, 7) is 1.36. The highest BCUT2D eigenvalue weighted by molar-refractivity contribution is 9.10. The number of carbonyl (C=O) groups excluding carboxylic acids is 1. The zero-order chi connectivity index (χ0) is 16.3. The minimum Gasteiger partial charge on any atom is -0.381 e. The molecule has 6 heteroatoms. The van der Waals surface area contributed by atoms with E-state index < -0.39 is 0 Å². The second-order valence-corrected chi connectivity index (χ2v) is 7.72. The van der Waals surface area contributed by atoms with Crippen LogP contribution in [0.3, 0.4) is 0 Å². The SMILES string of the molecule is Cl.N[C@@H]1CCC[C@H]1CC(=O)NC1(c2ccc(Br)cc2)CCOCC1. The molecule has 0 spiro atoms. The summed E-state index contributed by atoms with van der Waals surface area (Å²) in [7, 11) is 0. The van der Waals surface area contributed by atoms with Crippen LogP contribution in [0.25, 0.3) is 0 Å². The lowest BCUT2D eigenvalue weighted by atomic mass is 9.82. The van der Waals surface area contributed by atoms with Crippen LogP contribution in [-0.4, -0.2) is 25.2 Å². The van der Waals surface area contributed by atoms with Crippen molar-refractivity contribution in [2.45, 2.75) is 50.1 Å². The van der Waals surface area contributed by atoms with E-state index in [9.17, 15) is 4.79 Å². The summed E-state index contributed by atoms with van der Waals surface area (Å²) in [6, 6.07) is 8.43. The Balaban J connectivity index is 0.00000208. The molecule has 0 radical (unpaired) electrons. The first kappa shape index (κ1) is 19.7. The third-order valence-electron chi connectivity index (χ3n) is 5.29. The van der Waals surface area contributed by atoms with Gasteiger partial charge in [-0.25, -0.2) is 0 Å². The molecule has 2 aliphatic rings. The van der Waals surface area contributed by atoms with Crippen molar-refractivity contribution in [3.05, 3.63) is 34.3 Å². The van der Waals surface area contributed by atoms with Crippen molar-refractivity contribution in [2.75, 3.05) is 13.2 Å². The van der Waals surface area contributed by atoms with Crippen molar-refractivity contribution in [1.29, 1.82) is 0 Å². The number of hydrogen-bond acceptors (Lipinski definition) is 3. The van der Waals surface area contributed by atoms with Gasteiger partial charge in [0.25, 0.3) is 0 Å². The van der Waals surface area contributed by atoms with Gasteiger partial charge in [0.15, 0.2) is 0 Å². The van der Waals surface area contributed by atoms with E-state index in [1.54, 1.807) is 0 Å². The molecule has 24 heavy (non-hydrogen) atoms. The van der Waals surface area contributed by atoms with Gasteiger partial charge in [-0.15, -0.1) is 12.4 Å². The van der Waals surface area contributed by atoms with Gasteiger partial charge in [-0.2, -0.15) is 0 Å². The summed E-state index contributed by atoms with van der Waals surface area (Å²) in [5.41, 5.74) is 6.97. The van der Waals surface area contributed by atoms with Crippen molar-refractivity contribution in [3.8, 4) is 0 Å². The summed E-state index contributed by atoms with van der Waals surface area (Å²) < 4.78 is 6.57. The standard InChI is InChI=1S/C18H25BrN2O2.ClH/c19-15-6-4-14(5-7-15)18(8-10-23-11-9-18)21-17(22)12-13-2-1-3-16(13)20;/h4-7,13,16H,1-3,8-12,20H2,(H,21,22);1H/t13-,16+;/m0./s1. The van der Waals surface area contributed by atoms with E-state index in [1.165, 1.54) is 0 Å². The van der Waals surface area contributed by atoms with E-state index in [4.69, 9.17) is 10.5 Å². The molecular formula is C18H26BrClN2O2. The van der Waals surface area contributed by atoms with Crippen LogP contribution in [0.2, 0.25) is 0 Å². The van der Waals surface area contributed by atoms with Gasteiger partial charge in [0.05, 0.1) is 5.54 Å². The molecule has 1 saturated carbocycles. The second-order valence-electron chi connectivity index (χ2n) is 6.81. The Morgan fingerprint density at radius 3 is 2.50 bits per heavy atom. The molecule has 134 valence electrons. The maximum absolute atomic E-state index is 12.6. The first-order valence-corrected chi connectivity index (χ1v) is 9.29. The van der Waals surface area contributed by atoms with E-state index in [0.29, 0.717) is 25.6 Å². The smallest absolute Gasteiger partial charge is 0.221 e. The first-order valence-electron chi connectivity index (χ1n) is 8.49. The van der Waals surface area contributed by atoms with Crippen molar-refractivity contribution < 1.29 is 9.53 Å². The molecule has 0 aromatic heterocycles. The molecule has 3 rings (SSSR count). The summed E-state index contributed by atoms with van der Waals surface area (Å²) in [6.07, 6.45) is 5.44. The maximum Gasteiger partial charge on any atom is 0.221 e. The number of nitrogens with one attached hydrogen (secondary N) is 1. The van der Waals surface area contributed by atoms with E-state index in [-0.39, 0.29) is 29.9 Å². The molecule has 3 N–H and O–H groups in total. The number of halogens is 2. The van der Waals surface area contributed by atoms with E-state index in [0.717, 1.165) is 42.1 Å². The summed E-state index contributed by atoms with van der Waals surface area (Å²) in [5, 5.41) is 3.33. The lowest BCUT2D eigenvalue weighted by Gasteiger charge is -2.39. The van der Waals surface area contributed by atoms with Gasteiger partial charge < -0.3 is 15.8 Å². The second kappa shape index (κ2) is 8.65. The van der Waals surface area contributed by atoms with Crippen molar-refractivity contribution in [3.63, 3.8) is 0 Å². The average molecular weight is 418 g/mol. The van der Waals surface area contributed by atoms with Gasteiger partial charge in [0.2, 0.25) is 5.91 Å². The quantitative estimate of drug-likeness (QED) is 0.788. The number of amides is 1. The van der Waals surface area contributed by atoms with Crippen molar-refractivity contribution in [2.24, 2.45) is 11.7 Å². The van der Waals surface area contributed by atoms with Crippen molar-refractivity contribution >= 4 is 34.2 Å². The Morgan fingerprint density at radius 1 is 1.25 bits per heavy atom. The monoisotopic (exact) mass is 416 g/mol. The highest BCUT2D eigenvalue weighted by Crippen LogP contribution is 2.34. The predicted octanol–water partition coefficient (Wildman–Crippen LogP) is 3.51. The predicted molar refractivity (Wildman–Crippen MR) is 101 cm³/mol. The molecule has 1 heterocycles. The average Bonchev–Trinajstić information content (AvgIpc) is 2.93. The molecule has 1 aromatic rings. The van der Waals surface area contributed by atoms with Crippen LogP contribution in [0.5, 0.6) is 0 Å². The number of nitrogens with two attached hydrogens (primary N) is 1. The zero-order valence-electron chi connectivity index (χ0n) is 13.8. The van der Waals surface area contributed by atoms with Crippen LogP contribution >= 0.6 is 28.3 Å². The van der Waals surface area contributed by atoms with Crippen LogP contribution in [-0.2, 0) is 15.1 Å². The van der Waals surface area contributed by atoms with Gasteiger partial charge in [0, 0.05) is 30.1 Å². The Bertz CT molecular complexity index is 546. The largest absolute Gasteiger partial charge is 0.381 e. The molecule has 1 aliphatic heterocycles. The lowest BCUT2D eigenvalue weighted by Crippen LogP contribution is -2.50. The Hall–Kier alpha value is -0.620. The number of carbonyl (C=O) groups is 1. The fraction of sp³-hybridized carbons (Fsp3) is 0.611. The molecule has 0 bridgehead atoms. The fourth-order valence-electron chi connectivity index (χ4n) is 3.85. The minimum absolute atomic E-state index is 0. The fourth-order valence-corrected chi connectivity index (χ4v) is 4.11. The number of rotatable bonds is 4. The Kier molecular flexibility index (Phi) is 7.10. The Morgan fingerprint density at radius 2 is 1.92 bits per heavy atom. The molecule has 4 nitrogen and oxygen atoms in total. The third-order valence-corrected chi connectivity index (χ3v) is 5.82. The van der Waals surface area contributed by atoms with Gasteiger partial charge in [-0.3, -0.25) is 4.79 Å². The highest BCUT2D eigenvalue weighted by Gasteiger charge is 2.37. The molecule has 0 unspecified atom stereocenters. The molecule has 2 fully saturated rings. The van der Waals surface area contributed by atoms with Gasteiger partial charge in [-0.05, 0) is 49.3 Å². The van der Waals surface area contributed by atoms with E-state index in [1.807, 2.05) is 12.1 Å². The summed E-state index contributed by atoms with van der Waals surface area (Å²) in [5.74, 6) is 0.453. The number of ether oxygens (including phenoxy) is 1. The van der Waals surface area contributed by atoms with Crippen LogP contribution < -0.4 is 11.1 Å². The molecule has 1 saturated heterocycles. The van der Waals surface area contributed by atoms with Gasteiger partial charge >= 0.3 is 0 Å². The van der Waals surface area contributed by atoms with Gasteiger partial charge in [0.1, 0.15) is 0 Å². The molecule has 1 aromatic carbocycles. The first-order chi connectivity index (χ1) is 11.1. The highest BCUT2D eigenvalue weighted by atomic mass is 79.9. The van der Waals surface area contributed by atoms with Gasteiger partial charge in [-0.1, -0.05) is 34.5 Å². The summed E-state index contributed by atoms with van der Waals surface area (Å²) in [4.78, 5) is 12.6. The molecule has 1 aliphatic carbocycles. The normalized spacial score (nSPS) is 25.8. The topological polar surface area (TPSA) is 64.4 Å². The van der Waals surface area contributed by atoms with Crippen LogP contribution in [0.4, 0.5) is 0 Å². The number of benzene rings is 1. The van der Waals surface area contributed by atoms with Crippen LogP contribution in [0, 0.1) is 5.92 Å². The molecular weight excluding hydrogens is 392 g/mol. The maximum atomic E-state index is 12.6. The summed E-state index contributed by atoms with van der Waals surface area (Å²) >= 11 is 3.48. The number of hydrogen-bond donors (Lipinski definition) is 2.